The highest BCUT2D eigenvalue weighted by atomic mass is 16.6. The Bertz CT molecular complexity index is 1440. The molecule has 0 amide bonds. The average molecular weight is 927 g/mol. The lowest BCUT2D eigenvalue weighted by molar-refractivity contribution is -0.166. The van der Waals surface area contributed by atoms with E-state index in [-0.39, 0.29) is 38.0 Å². The van der Waals surface area contributed by atoms with Gasteiger partial charge in [-0.3, -0.25) is 14.4 Å². The Hall–Kier alpha value is -4.19. The number of allylic oxidation sites excluding steroid dienone is 20. The first-order chi connectivity index (χ1) is 33.0. The molecule has 0 aliphatic rings. The van der Waals surface area contributed by atoms with Gasteiger partial charge in [0.15, 0.2) is 6.10 Å². The van der Waals surface area contributed by atoms with Crippen molar-refractivity contribution in [2.24, 2.45) is 0 Å². The van der Waals surface area contributed by atoms with Gasteiger partial charge < -0.3 is 14.2 Å². The van der Waals surface area contributed by atoms with Crippen molar-refractivity contribution in [3.8, 4) is 0 Å². The largest absolute Gasteiger partial charge is 0.462 e. The summed E-state index contributed by atoms with van der Waals surface area (Å²) in [7, 11) is 0. The molecule has 0 unspecified atom stereocenters. The van der Waals surface area contributed by atoms with Crippen LogP contribution in [-0.2, 0) is 28.6 Å². The second-order valence-corrected chi connectivity index (χ2v) is 17.4. The van der Waals surface area contributed by atoms with Crippen LogP contribution in [0.1, 0.15) is 226 Å². The molecule has 0 N–H and O–H groups in total. The van der Waals surface area contributed by atoms with Crippen molar-refractivity contribution in [2.75, 3.05) is 13.2 Å². The van der Waals surface area contributed by atoms with Crippen LogP contribution < -0.4 is 0 Å². The smallest absolute Gasteiger partial charge is 0.306 e. The summed E-state index contributed by atoms with van der Waals surface area (Å²) in [5, 5.41) is 0. The van der Waals surface area contributed by atoms with Crippen LogP contribution in [0.15, 0.2) is 122 Å². The van der Waals surface area contributed by atoms with Gasteiger partial charge in [0.2, 0.25) is 0 Å². The molecule has 6 heteroatoms. The lowest BCUT2D eigenvalue weighted by Gasteiger charge is -2.18. The second-order valence-electron chi connectivity index (χ2n) is 17.4. The van der Waals surface area contributed by atoms with Crippen LogP contribution in [0.3, 0.4) is 0 Å². The number of carbonyl (C=O) groups is 3. The maximum absolute atomic E-state index is 12.8. The van der Waals surface area contributed by atoms with Crippen molar-refractivity contribution in [1.29, 1.82) is 0 Å². The summed E-state index contributed by atoms with van der Waals surface area (Å²) in [5.41, 5.74) is 0. The maximum atomic E-state index is 12.8. The zero-order valence-electron chi connectivity index (χ0n) is 43.1. The minimum atomic E-state index is -0.845. The first kappa shape index (κ1) is 62.8. The molecule has 0 aromatic carbocycles. The summed E-state index contributed by atoms with van der Waals surface area (Å²) in [6.45, 7) is 6.37. The minimum absolute atomic E-state index is 0.131. The van der Waals surface area contributed by atoms with E-state index in [1.165, 1.54) is 83.5 Å². The fraction of sp³-hybridized carbons (Fsp3) is 0.623. The number of carbonyl (C=O) groups excluding carboxylic acids is 3. The van der Waals surface area contributed by atoms with Gasteiger partial charge in [-0.15, -0.1) is 0 Å². The minimum Gasteiger partial charge on any atom is -0.462 e. The molecule has 1 atom stereocenters. The molecular weight excluding hydrogens is 829 g/mol. The molecular formula is C61H98O6. The summed E-state index contributed by atoms with van der Waals surface area (Å²) >= 11 is 0. The monoisotopic (exact) mass is 927 g/mol. The van der Waals surface area contributed by atoms with Crippen molar-refractivity contribution in [2.45, 2.75) is 232 Å². The number of esters is 3. The summed E-state index contributed by atoms with van der Waals surface area (Å²) in [6, 6.07) is 0. The third-order valence-electron chi connectivity index (χ3n) is 10.9. The zero-order chi connectivity index (χ0) is 48.6. The maximum Gasteiger partial charge on any atom is 0.306 e. The van der Waals surface area contributed by atoms with Gasteiger partial charge in [0, 0.05) is 19.3 Å². The zero-order valence-corrected chi connectivity index (χ0v) is 43.1. The number of hydrogen-bond acceptors (Lipinski definition) is 6. The van der Waals surface area contributed by atoms with Gasteiger partial charge in [-0.2, -0.15) is 0 Å². The first-order valence-corrected chi connectivity index (χ1v) is 27.0. The molecule has 0 rings (SSSR count). The molecule has 0 fully saturated rings. The highest BCUT2D eigenvalue weighted by molar-refractivity contribution is 5.71. The Labute approximate surface area is 412 Å². The molecule has 0 aliphatic heterocycles. The lowest BCUT2D eigenvalue weighted by atomic mass is 10.1. The predicted octanol–water partition coefficient (Wildman–Crippen LogP) is 18.1. The second kappa shape index (κ2) is 54.4. The average Bonchev–Trinajstić information content (AvgIpc) is 3.33. The van der Waals surface area contributed by atoms with Crippen LogP contribution in [0.5, 0.6) is 0 Å². The molecule has 67 heavy (non-hydrogen) atoms. The first-order valence-electron chi connectivity index (χ1n) is 27.0. The van der Waals surface area contributed by atoms with Crippen molar-refractivity contribution >= 4 is 17.9 Å². The van der Waals surface area contributed by atoms with E-state index in [2.05, 4.69) is 130 Å². The molecule has 0 aromatic heterocycles. The van der Waals surface area contributed by atoms with Crippen molar-refractivity contribution < 1.29 is 28.6 Å². The molecule has 0 saturated carbocycles. The van der Waals surface area contributed by atoms with Crippen molar-refractivity contribution in [3.63, 3.8) is 0 Å². The number of ether oxygens (including phenoxy) is 3. The van der Waals surface area contributed by atoms with Gasteiger partial charge in [0.05, 0.1) is 0 Å². The highest BCUT2D eigenvalue weighted by Gasteiger charge is 2.19. The van der Waals surface area contributed by atoms with Gasteiger partial charge in [-0.1, -0.05) is 213 Å². The molecule has 0 radical (unpaired) electrons. The van der Waals surface area contributed by atoms with E-state index in [9.17, 15) is 14.4 Å². The van der Waals surface area contributed by atoms with Gasteiger partial charge in [-0.05, 0) is 116 Å². The van der Waals surface area contributed by atoms with E-state index in [1.54, 1.807) is 0 Å². The van der Waals surface area contributed by atoms with Crippen LogP contribution in [0.25, 0.3) is 0 Å². The van der Waals surface area contributed by atoms with Crippen LogP contribution >= 0.6 is 0 Å². The van der Waals surface area contributed by atoms with E-state index >= 15 is 0 Å². The Balaban J connectivity index is 4.61. The summed E-state index contributed by atoms with van der Waals surface area (Å²) < 4.78 is 16.7. The Morgan fingerprint density at radius 1 is 0.313 bits per heavy atom. The van der Waals surface area contributed by atoms with E-state index < -0.39 is 12.1 Å². The standard InChI is InChI=1S/C61H98O6/c1-4-7-10-13-16-19-22-25-27-29-30-32-34-37-40-43-46-49-52-55-61(64)67-58(56-65-59(62)53-50-47-44-41-38-35-24-21-18-15-12-9-6-3)57-66-60(63)54-51-48-45-42-39-36-33-31-28-26-23-20-17-14-11-8-5-2/h7,10,16,19,21,24-28,30,32-33,36-37,40,42,45-46,49,58H,4-6,8-9,11-15,17-18,20,22-23,29,31,34-35,38-39,41,43-44,47-48,50-57H2,1-3H3/b10-7-,19-16-,24-21-,27-25-,28-26-,32-30-,36-33-,40-37-,45-42-,49-46-/t58-/m0/s1. The quantitative estimate of drug-likeness (QED) is 0.0262. The molecule has 6 nitrogen and oxygen atoms in total. The molecule has 0 saturated heterocycles. The molecule has 0 bridgehead atoms. The lowest BCUT2D eigenvalue weighted by Crippen LogP contribution is -2.30. The van der Waals surface area contributed by atoms with Crippen molar-refractivity contribution in [3.05, 3.63) is 122 Å². The summed E-state index contributed by atoms with van der Waals surface area (Å²) in [5.74, 6) is -1.09. The highest BCUT2D eigenvalue weighted by Crippen LogP contribution is 2.12. The fourth-order valence-electron chi connectivity index (χ4n) is 6.89. The van der Waals surface area contributed by atoms with Gasteiger partial charge in [-0.25, -0.2) is 0 Å². The Kier molecular flexibility index (Phi) is 51.0. The Morgan fingerprint density at radius 2 is 0.627 bits per heavy atom. The van der Waals surface area contributed by atoms with Crippen molar-refractivity contribution in [1.82, 2.24) is 0 Å². The predicted molar refractivity (Wildman–Crippen MR) is 288 cm³/mol. The summed E-state index contributed by atoms with van der Waals surface area (Å²) in [6.07, 6.45) is 74.9. The van der Waals surface area contributed by atoms with E-state index in [0.717, 1.165) is 89.9 Å². The summed E-state index contributed by atoms with van der Waals surface area (Å²) in [4.78, 5) is 38.0. The fourth-order valence-corrected chi connectivity index (χ4v) is 6.89. The van der Waals surface area contributed by atoms with Crippen LogP contribution in [0, 0.1) is 0 Å². The van der Waals surface area contributed by atoms with E-state index in [4.69, 9.17) is 14.2 Å². The molecule has 0 spiro atoms. The van der Waals surface area contributed by atoms with Crippen LogP contribution in [0.2, 0.25) is 0 Å². The van der Waals surface area contributed by atoms with Gasteiger partial charge >= 0.3 is 17.9 Å². The third kappa shape index (κ3) is 52.6. The normalized spacial score (nSPS) is 13.1. The van der Waals surface area contributed by atoms with Gasteiger partial charge in [0.1, 0.15) is 13.2 Å². The van der Waals surface area contributed by atoms with E-state index in [1.807, 2.05) is 12.2 Å². The molecule has 0 heterocycles. The molecule has 378 valence electrons. The third-order valence-corrected chi connectivity index (χ3v) is 10.9. The number of rotatable bonds is 47. The topological polar surface area (TPSA) is 78.9 Å². The van der Waals surface area contributed by atoms with Gasteiger partial charge in [0.25, 0.3) is 0 Å². The van der Waals surface area contributed by atoms with Crippen LogP contribution in [0.4, 0.5) is 0 Å². The van der Waals surface area contributed by atoms with E-state index in [0.29, 0.717) is 19.3 Å². The molecule has 0 aromatic rings. The number of unbranched alkanes of at least 4 members (excludes halogenated alkanes) is 16. The Morgan fingerprint density at radius 3 is 1.06 bits per heavy atom. The molecule has 0 aliphatic carbocycles. The SMILES string of the molecule is CC/C=C\C/C=C\C/C=C\C/C=C\C/C=C\C/C=C\CCC(=O)O[C@H](COC(=O)CCC/C=C\C/C=C\C/C=C\CCCCCCCC)COC(=O)CCCCCCC/C=C\CCCCCC. The number of hydrogen-bond donors (Lipinski definition) is 0. The van der Waals surface area contributed by atoms with Crippen LogP contribution in [-0.4, -0.2) is 37.2 Å².